The van der Waals surface area contributed by atoms with Gasteiger partial charge in [0.2, 0.25) is 0 Å². The van der Waals surface area contributed by atoms with Crippen LogP contribution in [0.25, 0.3) is 21.1 Å². The van der Waals surface area contributed by atoms with E-state index in [0.29, 0.717) is 11.3 Å². The van der Waals surface area contributed by atoms with E-state index in [-0.39, 0.29) is 11.9 Å². The summed E-state index contributed by atoms with van der Waals surface area (Å²) in [7, 11) is 1.64. The molecule has 2 aromatic heterocycles. The van der Waals surface area contributed by atoms with Crippen LogP contribution in [0.3, 0.4) is 0 Å². The number of hydrogen-bond acceptors (Lipinski definition) is 7. The van der Waals surface area contributed by atoms with E-state index in [1.165, 1.54) is 29.3 Å². The fourth-order valence-corrected chi connectivity index (χ4v) is 6.56. The molecule has 4 aromatic rings. The summed E-state index contributed by atoms with van der Waals surface area (Å²) in [5.74, 6) is 2.91. The normalized spacial score (nSPS) is 20.9. The van der Waals surface area contributed by atoms with Crippen molar-refractivity contribution < 1.29 is 13.9 Å². The van der Waals surface area contributed by atoms with Crippen molar-refractivity contribution in [2.75, 3.05) is 44.7 Å². The van der Waals surface area contributed by atoms with E-state index in [1.807, 2.05) is 18.2 Å². The van der Waals surface area contributed by atoms with Crippen molar-refractivity contribution in [1.29, 1.82) is 0 Å². The van der Waals surface area contributed by atoms with Crippen molar-refractivity contribution in [3.8, 4) is 5.75 Å². The van der Waals surface area contributed by atoms with Crippen LogP contribution in [0, 0.1) is 5.92 Å². The molecule has 37 heavy (non-hydrogen) atoms. The van der Waals surface area contributed by atoms with Crippen molar-refractivity contribution in [1.82, 2.24) is 14.6 Å². The maximum absolute atomic E-state index is 12.8. The van der Waals surface area contributed by atoms with Crippen molar-refractivity contribution >= 4 is 44.3 Å². The maximum Gasteiger partial charge on any atom is 0.287 e. The number of carbonyl (C=O) groups excluding carboxylic acids is 1. The van der Waals surface area contributed by atoms with Crippen LogP contribution in [0.4, 0.5) is 5.82 Å². The van der Waals surface area contributed by atoms with Gasteiger partial charge in [-0.1, -0.05) is 12.1 Å². The third kappa shape index (κ3) is 5.31. The number of fused-ring (bicyclic) bond motifs is 2. The summed E-state index contributed by atoms with van der Waals surface area (Å²) in [6, 6.07) is 16.1. The Morgan fingerprint density at radius 3 is 2.70 bits per heavy atom. The molecule has 1 saturated heterocycles. The molecule has 1 amide bonds. The number of ether oxygens (including phenoxy) is 1. The van der Waals surface area contributed by atoms with Gasteiger partial charge in [0, 0.05) is 43.0 Å². The molecule has 0 radical (unpaired) electrons. The molecule has 1 N–H and O–H groups in total. The standard InChI is InChI=1S/C29H34N4O3S/c1-35-23-10-11-25-21(18-23)19-26(36-25)29(34)30-22-8-6-20(7-9-22)12-13-32-14-16-33(17-15-32)28-24-4-2-3-5-27(24)37-31-28/h2-5,10-11,18-20,22H,6-9,12-17H2,1H3,(H,30,34). The highest BCUT2D eigenvalue weighted by molar-refractivity contribution is 7.13. The number of furan rings is 1. The van der Waals surface area contributed by atoms with Crippen LogP contribution in [-0.4, -0.2) is 61.1 Å². The zero-order valence-electron chi connectivity index (χ0n) is 21.3. The fourth-order valence-electron chi connectivity index (χ4n) is 5.76. The SMILES string of the molecule is COc1ccc2oc(C(=O)NC3CCC(CCN4CCN(c5nsc6ccccc56)CC4)CC3)cc2c1. The van der Waals surface area contributed by atoms with Crippen molar-refractivity contribution in [3.63, 3.8) is 0 Å². The molecule has 7 nitrogen and oxygen atoms in total. The van der Waals surface area contributed by atoms with E-state index in [0.717, 1.165) is 68.4 Å². The predicted octanol–water partition coefficient (Wildman–Crippen LogP) is 5.55. The smallest absolute Gasteiger partial charge is 0.287 e. The van der Waals surface area contributed by atoms with Gasteiger partial charge in [-0.3, -0.25) is 9.69 Å². The Balaban J connectivity index is 0.932. The lowest BCUT2D eigenvalue weighted by Crippen LogP contribution is -2.47. The number of amides is 1. The largest absolute Gasteiger partial charge is 0.497 e. The highest BCUT2D eigenvalue weighted by Crippen LogP contribution is 2.31. The summed E-state index contributed by atoms with van der Waals surface area (Å²) < 4.78 is 17.0. The fraction of sp³-hybridized carbons (Fsp3) is 0.448. The first kappa shape index (κ1) is 24.2. The summed E-state index contributed by atoms with van der Waals surface area (Å²) in [4.78, 5) is 17.8. The minimum Gasteiger partial charge on any atom is -0.497 e. The van der Waals surface area contributed by atoms with E-state index in [4.69, 9.17) is 13.5 Å². The second kappa shape index (κ2) is 10.7. The summed E-state index contributed by atoms with van der Waals surface area (Å²) >= 11 is 1.60. The van der Waals surface area contributed by atoms with Crippen LogP contribution in [0.1, 0.15) is 42.7 Å². The zero-order valence-corrected chi connectivity index (χ0v) is 22.1. The minimum atomic E-state index is -0.121. The molecule has 2 aromatic carbocycles. The molecule has 1 aliphatic heterocycles. The van der Waals surface area contributed by atoms with Gasteiger partial charge < -0.3 is 19.4 Å². The van der Waals surface area contributed by atoms with E-state index in [2.05, 4.69) is 39.4 Å². The Hall–Kier alpha value is -3.10. The third-order valence-corrected chi connectivity index (χ3v) is 8.83. The summed E-state index contributed by atoms with van der Waals surface area (Å²) in [6.07, 6.45) is 5.66. The molecule has 3 heterocycles. The molecule has 2 fully saturated rings. The Labute approximate surface area is 221 Å². The Morgan fingerprint density at radius 2 is 1.89 bits per heavy atom. The van der Waals surface area contributed by atoms with Crippen LogP contribution < -0.4 is 15.0 Å². The molecule has 1 saturated carbocycles. The van der Waals surface area contributed by atoms with Crippen molar-refractivity contribution in [3.05, 3.63) is 54.3 Å². The second-order valence-electron chi connectivity index (χ2n) is 10.3. The third-order valence-electron chi connectivity index (χ3n) is 8.01. The number of rotatable bonds is 7. The Kier molecular flexibility index (Phi) is 7.02. The van der Waals surface area contributed by atoms with Gasteiger partial charge in [-0.05, 0) is 92.5 Å². The lowest BCUT2D eigenvalue weighted by Gasteiger charge is -2.36. The molecule has 1 aliphatic carbocycles. The molecular formula is C29H34N4O3S. The first-order valence-corrected chi connectivity index (χ1v) is 14.1. The number of piperazine rings is 1. The molecule has 0 unspecified atom stereocenters. The number of hydrogen-bond donors (Lipinski definition) is 1. The summed E-state index contributed by atoms with van der Waals surface area (Å²) in [5.41, 5.74) is 0.704. The monoisotopic (exact) mass is 518 g/mol. The second-order valence-corrected chi connectivity index (χ2v) is 11.1. The lowest BCUT2D eigenvalue weighted by molar-refractivity contribution is 0.0894. The van der Waals surface area contributed by atoms with Gasteiger partial charge in [0.05, 0.1) is 11.8 Å². The van der Waals surface area contributed by atoms with Gasteiger partial charge in [-0.2, -0.15) is 4.37 Å². The van der Waals surface area contributed by atoms with Crippen molar-refractivity contribution in [2.45, 2.75) is 38.1 Å². The van der Waals surface area contributed by atoms with E-state index in [1.54, 1.807) is 24.7 Å². The molecule has 0 atom stereocenters. The highest BCUT2D eigenvalue weighted by atomic mass is 32.1. The average Bonchev–Trinajstić information content (AvgIpc) is 3.57. The van der Waals surface area contributed by atoms with Crippen LogP contribution >= 0.6 is 11.5 Å². The van der Waals surface area contributed by atoms with Gasteiger partial charge in [-0.15, -0.1) is 0 Å². The number of nitrogens with one attached hydrogen (secondary N) is 1. The topological polar surface area (TPSA) is 70.8 Å². The summed E-state index contributed by atoms with van der Waals surface area (Å²) in [6.45, 7) is 5.44. The van der Waals surface area contributed by atoms with Crippen molar-refractivity contribution in [2.24, 2.45) is 5.92 Å². The van der Waals surface area contributed by atoms with Gasteiger partial charge in [0.1, 0.15) is 17.2 Å². The molecule has 0 spiro atoms. The molecule has 2 aliphatic rings. The Bertz CT molecular complexity index is 1370. The highest BCUT2D eigenvalue weighted by Gasteiger charge is 2.26. The minimum absolute atomic E-state index is 0.121. The average molecular weight is 519 g/mol. The quantitative estimate of drug-likeness (QED) is 0.346. The van der Waals surface area contributed by atoms with Gasteiger partial charge in [0.15, 0.2) is 5.76 Å². The number of methoxy groups -OCH3 is 1. The lowest BCUT2D eigenvalue weighted by atomic mass is 9.84. The Morgan fingerprint density at radius 1 is 1.08 bits per heavy atom. The predicted molar refractivity (Wildman–Crippen MR) is 149 cm³/mol. The van der Waals surface area contributed by atoms with E-state index < -0.39 is 0 Å². The molecule has 194 valence electrons. The number of carbonyl (C=O) groups is 1. The van der Waals surface area contributed by atoms with Crippen LogP contribution in [-0.2, 0) is 0 Å². The number of benzene rings is 2. The molecule has 8 heteroatoms. The van der Waals surface area contributed by atoms with E-state index >= 15 is 0 Å². The molecule has 0 bridgehead atoms. The zero-order chi connectivity index (χ0) is 25.2. The van der Waals surface area contributed by atoms with Gasteiger partial charge in [-0.25, -0.2) is 0 Å². The van der Waals surface area contributed by atoms with Crippen LogP contribution in [0.15, 0.2) is 52.9 Å². The van der Waals surface area contributed by atoms with Crippen LogP contribution in [0.2, 0.25) is 0 Å². The molecular weight excluding hydrogens is 484 g/mol. The summed E-state index contributed by atoms with van der Waals surface area (Å²) in [5, 5.41) is 5.36. The van der Waals surface area contributed by atoms with Gasteiger partial charge in [0.25, 0.3) is 5.91 Å². The van der Waals surface area contributed by atoms with Crippen LogP contribution in [0.5, 0.6) is 5.75 Å². The van der Waals surface area contributed by atoms with Gasteiger partial charge >= 0.3 is 0 Å². The molecule has 6 rings (SSSR count). The first-order valence-electron chi connectivity index (χ1n) is 13.4. The van der Waals surface area contributed by atoms with E-state index in [9.17, 15) is 4.79 Å². The number of nitrogens with zero attached hydrogens (tertiary/aromatic N) is 3. The number of aromatic nitrogens is 1. The first-order chi connectivity index (χ1) is 18.2. The number of anilines is 1. The maximum atomic E-state index is 12.8.